The van der Waals surface area contributed by atoms with Crippen molar-refractivity contribution in [3.8, 4) is 29.5 Å². The minimum absolute atomic E-state index is 0.0434. The van der Waals surface area contributed by atoms with E-state index in [9.17, 15) is 10.1 Å². The molecule has 1 unspecified atom stereocenters. The summed E-state index contributed by atoms with van der Waals surface area (Å²) >= 11 is 0. The lowest BCUT2D eigenvalue weighted by molar-refractivity contribution is -0.126. The molecular weight excluding hydrogens is 420 g/mol. The van der Waals surface area contributed by atoms with Crippen LogP contribution >= 0.6 is 0 Å². The van der Waals surface area contributed by atoms with Crippen LogP contribution in [0.15, 0.2) is 53.1 Å². The molecule has 0 saturated carbocycles. The van der Waals surface area contributed by atoms with E-state index in [0.717, 1.165) is 5.56 Å². The number of hydrogen-bond donors (Lipinski definition) is 1. The minimum Gasteiger partial charge on any atom is -0.480 e. The Hall–Kier alpha value is -4.37. The van der Waals surface area contributed by atoms with Crippen molar-refractivity contribution in [1.82, 2.24) is 15.0 Å². The third kappa shape index (κ3) is 4.94. The third-order valence-electron chi connectivity index (χ3n) is 5.69. The maximum atomic E-state index is 12.0. The van der Waals surface area contributed by atoms with Crippen molar-refractivity contribution in [2.75, 3.05) is 6.54 Å². The lowest BCUT2D eigenvalue weighted by Gasteiger charge is -2.21. The predicted octanol–water partition coefficient (Wildman–Crippen LogP) is 2.62. The van der Waals surface area contributed by atoms with Gasteiger partial charge in [0, 0.05) is 30.5 Å². The number of likely N-dealkylation sites (tertiary alicyclic amines) is 1. The standard InChI is InChI=1S/C24H22N6O3/c1-15-9-19(13-30(15)14-26)22(23(27)31)32-20-7-5-18(6-8-20)24-28-21(29-33-24)11-16-3-2-4-17(10-16)12-25/h2-8,10,15,19,22H,9,11,13H2,1H3,(H2,27,31)/t15-,19-,22?/m1/s1. The number of primary amides is 1. The zero-order valence-corrected chi connectivity index (χ0v) is 18.0. The van der Waals surface area contributed by atoms with Gasteiger partial charge in [0.15, 0.2) is 18.1 Å². The number of nitrogens with zero attached hydrogens (tertiary/aromatic N) is 5. The maximum absolute atomic E-state index is 12.0. The van der Waals surface area contributed by atoms with Crippen molar-refractivity contribution in [2.45, 2.75) is 31.9 Å². The summed E-state index contributed by atoms with van der Waals surface area (Å²) in [5.74, 6) is 0.631. The molecule has 1 fully saturated rings. The van der Waals surface area contributed by atoms with Crippen LogP contribution in [0.3, 0.4) is 0 Å². The van der Waals surface area contributed by atoms with E-state index in [-0.39, 0.29) is 12.0 Å². The van der Waals surface area contributed by atoms with Gasteiger partial charge in [0.2, 0.25) is 0 Å². The largest absolute Gasteiger partial charge is 0.480 e. The number of amides is 1. The second-order valence-electron chi connectivity index (χ2n) is 8.07. The van der Waals surface area contributed by atoms with Crippen LogP contribution in [0.5, 0.6) is 5.75 Å². The number of carbonyl (C=O) groups is 1. The highest BCUT2D eigenvalue weighted by Crippen LogP contribution is 2.29. The van der Waals surface area contributed by atoms with Crippen LogP contribution in [-0.2, 0) is 11.2 Å². The number of benzene rings is 2. The summed E-state index contributed by atoms with van der Waals surface area (Å²) in [7, 11) is 0. The smallest absolute Gasteiger partial charge is 0.258 e. The topological polar surface area (TPSA) is 142 Å². The molecule has 9 nitrogen and oxygen atoms in total. The fraction of sp³-hybridized carbons (Fsp3) is 0.292. The summed E-state index contributed by atoms with van der Waals surface area (Å²) < 4.78 is 11.3. The van der Waals surface area contributed by atoms with Gasteiger partial charge in [-0.25, -0.2) is 0 Å². The molecule has 1 saturated heterocycles. The summed E-state index contributed by atoms with van der Waals surface area (Å²) in [5, 5.41) is 22.3. The van der Waals surface area contributed by atoms with Crippen LogP contribution in [0.2, 0.25) is 0 Å². The quantitative estimate of drug-likeness (QED) is 0.550. The molecule has 1 amide bonds. The molecule has 3 atom stereocenters. The zero-order chi connectivity index (χ0) is 23.4. The second-order valence-corrected chi connectivity index (χ2v) is 8.07. The molecule has 2 heterocycles. The van der Waals surface area contributed by atoms with Gasteiger partial charge in [0.25, 0.3) is 11.8 Å². The molecule has 1 aliphatic rings. The monoisotopic (exact) mass is 442 g/mol. The van der Waals surface area contributed by atoms with E-state index >= 15 is 0 Å². The highest BCUT2D eigenvalue weighted by atomic mass is 16.5. The van der Waals surface area contributed by atoms with E-state index in [2.05, 4.69) is 22.4 Å². The zero-order valence-electron chi connectivity index (χ0n) is 18.0. The number of hydrogen-bond acceptors (Lipinski definition) is 8. The van der Waals surface area contributed by atoms with Crippen LogP contribution in [0.1, 0.15) is 30.3 Å². The van der Waals surface area contributed by atoms with Crippen LogP contribution < -0.4 is 10.5 Å². The van der Waals surface area contributed by atoms with Gasteiger partial charge in [-0.1, -0.05) is 17.3 Å². The predicted molar refractivity (Wildman–Crippen MR) is 117 cm³/mol. The van der Waals surface area contributed by atoms with Crippen LogP contribution in [0.25, 0.3) is 11.5 Å². The lowest BCUT2D eigenvalue weighted by atomic mass is 9.99. The fourth-order valence-corrected chi connectivity index (χ4v) is 4.02. The Bertz CT molecular complexity index is 1220. The van der Waals surface area contributed by atoms with Gasteiger partial charge in [-0.2, -0.15) is 15.5 Å². The minimum atomic E-state index is -0.823. The summed E-state index contributed by atoms with van der Waals surface area (Å²) in [4.78, 5) is 18.1. The number of aromatic nitrogens is 2. The fourth-order valence-electron chi connectivity index (χ4n) is 4.02. The van der Waals surface area contributed by atoms with E-state index in [1.54, 1.807) is 41.3 Å². The molecule has 33 heavy (non-hydrogen) atoms. The summed E-state index contributed by atoms with van der Waals surface area (Å²) in [5.41, 5.74) is 7.78. The number of ether oxygens (including phenoxy) is 1. The molecule has 2 aromatic carbocycles. The molecule has 1 aromatic heterocycles. The number of rotatable bonds is 7. The first-order chi connectivity index (χ1) is 16.0. The van der Waals surface area contributed by atoms with Gasteiger partial charge in [0.05, 0.1) is 11.6 Å². The van der Waals surface area contributed by atoms with Crippen LogP contribution in [-0.4, -0.2) is 39.6 Å². The highest BCUT2D eigenvalue weighted by molar-refractivity contribution is 5.79. The van der Waals surface area contributed by atoms with Gasteiger partial charge >= 0.3 is 0 Å². The van der Waals surface area contributed by atoms with Gasteiger partial charge < -0.3 is 19.9 Å². The first-order valence-corrected chi connectivity index (χ1v) is 10.5. The summed E-state index contributed by atoms with van der Waals surface area (Å²) in [6.07, 6.45) is 2.41. The van der Waals surface area contributed by atoms with Crippen molar-refractivity contribution in [1.29, 1.82) is 10.5 Å². The molecule has 166 valence electrons. The summed E-state index contributed by atoms with van der Waals surface area (Å²) in [6, 6.07) is 16.4. The van der Waals surface area contributed by atoms with Gasteiger partial charge in [-0.15, -0.1) is 0 Å². The van der Waals surface area contributed by atoms with Crippen LogP contribution in [0, 0.1) is 28.7 Å². The van der Waals surface area contributed by atoms with E-state index in [1.165, 1.54) is 0 Å². The average molecular weight is 442 g/mol. The number of carbonyl (C=O) groups excluding carboxylic acids is 1. The van der Waals surface area contributed by atoms with E-state index in [4.69, 9.17) is 20.3 Å². The van der Waals surface area contributed by atoms with E-state index in [0.29, 0.717) is 48.0 Å². The lowest BCUT2D eigenvalue weighted by Crippen LogP contribution is -2.41. The number of nitrogens with two attached hydrogens (primary N) is 1. The molecule has 4 rings (SSSR count). The second kappa shape index (κ2) is 9.41. The molecule has 0 aliphatic carbocycles. The summed E-state index contributed by atoms with van der Waals surface area (Å²) in [6.45, 7) is 2.38. The van der Waals surface area contributed by atoms with Crippen LogP contribution in [0.4, 0.5) is 0 Å². The van der Waals surface area contributed by atoms with Crippen molar-refractivity contribution >= 4 is 5.91 Å². The first kappa shape index (κ1) is 21.8. The Morgan fingerprint density at radius 3 is 2.76 bits per heavy atom. The number of nitriles is 2. The molecule has 3 aromatic rings. The van der Waals surface area contributed by atoms with E-state index in [1.807, 2.05) is 19.1 Å². The normalized spacial score (nSPS) is 18.3. The Labute approximate surface area is 191 Å². The van der Waals surface area contributed by atoms with Gasteiger partial charge in [0.1, 0.15) is 5.75 Å². The average Bonchev–Trinajstić information content (AvgIpc) is 3.44. The molecule has 1 aliphatic heterocycles. The third-order valence-corrected chi connectivity index (χ3v) is 5.69. The van der Waals surface area contributed by atoms with Crippen molar-refractivity contribution in [2.24, 2.45) is 11.7 Å². The first-order valence-electron chi connectivity index (χ1n) is 10.5. The highest BCUT2D eigenvalue weighted by Gasteiger charge is 2.38. The molecule has 0 spiro atoms. The Balaban J connectivity index is 1.43. The molecule has 9 heteroatoms. The van der Waals surface area contributed by atoms with E-state index < -0.39 is 12.0 Å². The molecule has 0 bridgehead atoms. The Morgan fingerprint density at radius 2 is 2.09 bits per heavy atom. The molecular formula is C24H22N6O3. The maximum Gasteiger partial charge on any atom is 0.258 e. The Morgan fingerprint density at radius 1 is 1.30 bits per heavy atom. The Kier molecular flexibility index (Phi) is 6.23. The SMILES string of the molecule is C[C@@H]1C[C@@H](C(Oc2ccc(-c3nc(Cc4cccc(C#N)c4)no3)cc2)C(N)=O)CN1C#N. The van der Waals surface area contributed by atoms with Gasteiger partial charge in [-0.3, -0.25) is 4.79 Å². The molecule has 0 radical (unpaired) electrons. The molecule has 2 N–H and O–H groups in total. The van der Waals surface area contributed by atoms with Crippen molar-refractivity contribution < 1.29 is 14.1 Å². The van der Waals surface area contributed by atoms with Crippen molar-refractivity contribution in [3.05, 3.63) is 65.5 Å². The van der Waals surface area contributed by atoms with Crippen molar-refractivity contribution in [3.63, 3.8) is 0 Å². The van der Waals surface area contributed by atoms with Gasteiger partial charge in [-0.05, 0) is 55.3 Å².